The highest BCUT2D eigenvalue weighted by Gasteiger charge is 2.26. The number of hydrogen-bond donors (Lipinski definition) is 3. The molecule has 5 rings (SSSR count). The van der Waals surface area contributed by atoms with Gasteiger partial charge in [-0.3, -0.25) is 4.98 Å². The first-order valence-corrected chi connectivity index (χ1v) is 10.6. The van der Waals surface area contributed by atoms with Gasteiger partial charge in [0.2, 0.25) is 0 Å². The number of para-hydroxylation sites is 1. The molecule has 0 saturated carbocycles. The number of pyridine rings is 1. The van der Waals surface area contributed by atoms with E-state index >= 15 is 0 Å². The standard InChI is InChI=1S/C24H22F2N6O/c25-15-4-2-5-16(26)22(15)24-29-11-14-3-1-6-18(23(14)31-24)30-19-12-28-9-7-20(19)32-10-8-21(33)17(27)13-32/h1-7,9,11-12,17,21,30,33H,8,10,13,27H2/t17-,21-/m1/s1. The summed E-state index contributed by atoms with van der Waals surface area (Å²) in [6.07, 6.45) is 4.99. The Hall–Kier alpha value is -3.69. The molecular formula is C24H22F2N6O. The lowest BCUT2D eigenvalue weighted by atomic mass is 10.0. The minimum atomic E-state index is -0.724. The summed E-state index contributed by atoms with van der Waals surface area (Å²) < 4.78 is 28.6. The van der Waals surface area contributed by atoms with Crippen molar-refractivity contribution in [2.75, 3.05) is 23.3 Å². The summed E-state index contributed by atoms with van der Waals surface area (Å²) in [5, 5.41) is 14.1. The second-order valence-corrected chi connectivity index (χ2v) is 8.02. The number of halogens is 2. The number of piperidine rings is 1. The zero-order chi connectivity index (χ0) is 22.9. The maximum Gasteiger partial charge on any atom is 0.165 e. The van der Waals surface area contributed by atoms with Crippen LogP contribution < -0.4 is 16.0 Å². The highest BCUT2D eigenvalue weighted by Crippen LogP contribution is 2.33. The van der Waals surface area contributed by atoms with Crippen LogP contribution >= 0.6 is 0 Å². The largest absolute Gasteiger partial charge is 0.391 e. The topological polar surface area (TPSA) is 100 Å². The Morgan fingerprint density at radius 1 is 1.03 bits per heavy atom. The number of hydrogen-bond acceptors (Lipinski definition) is 7. The zero-order valence-electron chi connectivity index (χ0n) is 17.6. The monoisotopic (exact) mass is 448 g/mol. The van der Waals surface area contributed by atoms with Crippen molar-refractivity contribution in [1.82, 2.24) is 15.0 Å². The molecule has 7 nitrogen and oxygen atoms in total. The molecule has 0 amide bonds. The molecule has 2 aromatic heterocycles. The van der Waals surface area contributed by atoms with E-state index in [-0.39, 0.29) is 17.4 Å². The van der Waals surface area contributed by atoms with E-state index in [1.165, 1.54) is 18.2 Å². The lowest BCUT2D eigenvalue weighted by Gasteiger charge is -2.36. The molecule has 3 heterocycles. The van der Waals surface area contributed by atoms with Gasteiger partial charge in [0.25, 0.3) is 0 Å². The van der Waals surface area contributed by atoms with Gasteiger partial charge < -0.3 is 21.1 Å². The molecule has 2 aromatic carbocycles. The molecule has 4 aromatic rings. The van der Waals surface area contributed by atoms with Crippen molar-refractivity contribution in [2.45, 2.75) is 18.6 Å². The number of aromatic nitrogens is 3. The highest BCUT2D eigenvalue weighted by molar-refractivity contribution is 5.93. The lowest BCUT2D eigenvalue weighted by Crippen LogP contribution is -2.51. The molecule has 33 heavy (non-hydrogen) atoms. The molecule has 4 N–H and O–H groups in total. The van der Waals surface area contributed by atoms with Crippen molar-refractivity contribution >= 4 is 28.0 Å². The first-order valence-electron chi connectivity index (χ1n) is 10.6. The number of rotatable bonds is 4. The van der Waals surface area contributed by atoms with E-state index in [9.17, 15) is 13.9 Å². The Kier molecular flexibility index (Phi) is 5.57. The maximum absolute atomic E-state index is 14.3. The maximum atomic E-state index is 14.3. The van der Waals surface area contributed by atoms with Crippen LogP contribution in [-0.2, 0) is 0 Å². The van der Waals surface area contributed by atoms with Gasteiger partial charge in [0, 0.05) is 36.9 Å². The van der Waals surface area contributed by atoms with Crippen LogP contribution in [0.15, 0.2) is 61.1 Å². The fraction of sp³-hybridized carbons (Fsp3) is 0.208. The van der Waals surface area contributed by atoms with E-state index in [4.69, 9.17) is 5.73 Å². The number of benzene rings is 2. The van der Waals surface area contributed by atoms with Gasteiger partial charge in [-0.1, -0.05) is 18.2 Å². The van der Waals surface area contributed by atoms with Crippen molar-refractivity contribution in [2.24, 2.45) is 5.73 Å². The van der Waals surface area contributed by atoms with Crippen LogP contribution in [0.25, 0.3) is 22.3 Å². The second-order valence-electron chi connectivity index (χ2n) is 8.02. The van der Waals surface area contributed by atoms with Crippen molar-refractivity contribution < 1.29 is 13.9 Å². The van der Waals surface area contributed by atoms with Gasteiger partial charge in [-0.15, -0.1) is 0 Å². The van der Waals surface area contributed by atoms with E-state index in [1.807, 2.05) is 24.3 Å². The molecule has 0 bridgehead atoms. The average Bonchev–Trinajstić information content (AvgIpc) is 2.81. The van der Waals surface area contributed by atoms with Gasteiger partial charge in [0.15, 0.2) is 5.82 Å². The first-order chi connectivity index (χ1) is 16.0. The third-order valence-corrected chi connectivity index (χ3v) is 5.83. The van der Waals surface area contributed by atoms with E-state index in [1.54, 1.807) is 18.6 Å². The number of aliphatic hydroxyl groups is 1. The number of fused-ring (bicyclic) bond motifs is 1. The quantitative estimate of drug-likeness (QED) is 0.439. The van der Waals surface area contributed by atoms with Gasteiger partial charge in [0.05, 0.1) is 40.4 Å². The number of aliphatic hydroxyl groups excluding tert-OH is 1. The number of nitrogens with one attached hydrogen (secondary N) is 1. The number of anilines is 3. The van der Waals surface area contributed by atoms with E-state index in [2.05, 4.69) is 25.2 Å². The molecule has 1 fully saturated rings. The molecular weight excluding hydrogens is 426 g/mol. The Morgan fingerprint density at radius 3 is 2.61 bits per heavy atom. The van der Waals surface area contributed by atoms with Crippen LogP contribution in [0, 0.1) is 11.6 Å². The smallest absolute Gasteiger partial charge is 0.165 e. The zero-order valence-corrected chi connectivity index (χ0v) is 17.6. The normalized spacial score (nSPS) is 18.5. The van der Waals surface area contributed by atoms with E-state index in [0.717, 1.165) is 11.4 Å². The molecule has 0 unspecified atom stereocenters. The van der Waals surface area contributed by atoms with Gasteiger partial charge >= 0.3 is 0 Å². The van der Waals surface area contributed by atoms with Crippen LogP contribution in [-0.4, -0.2) is 45.3 Å². The van der Waals surface area contributed by atoms with E-state index in [0.29, 0.717) is 36.1 Å². The molecule has 0 aliphatic carbocycles. The summed E-state index contributed by atoms with van der Waals surface area (Å²) in [5.74, 6) is -1.48. The molecule has 1 aliphatic rings. The van der Waals surface area contributed by atoms with Crippen molar-refractivity contribution in [3.8, 4) is 11.4 Å². The van der Waals surface area contributed by atoms with E-state index < -0.39 is 17.7 Å². The van der Waals surface area contributed by atoms with Gasteiger partial charge in [-0.05, 0) is 30.7 Å². The van der Waals surface area contributed by atoms with Crippen LogP contribution in [0.1, 0.15) is 6.42 Å². The van der Waals surface area contributed by atoms with Gasteiger partial charge in [0.1, 0.15) is 11.6 Å². The van der Waals surface area contributed by atoms with Gasteiger partial charge in [-0.2, -0.15) is 0 Å². The number of nitrogens with zero attached hydrogens (tertiary/aromatic N) is 4. The van der Waals surface area contributed by atoms with Crippen LogP contribution in [0.4, 0.5) is 25.8 Å². The molecule has 2 atom stereocenters. The Morgan fingerprint density at radius 2 is 1.82 bits per heavy atom. The predicted octanol–water partition coefficient (Wildman–Crippen LogP) is 3.61. The van der Waals surface area contributed by atoms with Crippen molar-refractivity contribution in [1.29, 1.82) is 0 Å². The minimum Gasteiger partial charge on any atom is -0.391 e. The summed E-state index contributed by atoms with van der Waals surface area (Å²) in [6, 6.07) is 10.7. The van der Waals surface area contributed by atoms with Crippen molar-refractivity contribution in [3.63, 3.8) is 0 Å². The minimum absolute atomic E-state index is 0.0326. The molecule has 0 radical (unpaired) electrons. The summed E-state index contributed by atoms with van der Waals surface area (Å²) in [4.78, 5) is 15.0. The molecule has 9 heteroatoms. The summed E-state index contributed by atoms with van der Waals surface area (Å²) in [7, 11) is 0. The van der Waals surface area contributed by atoms with Gasteiger partial charge in [-0.25, -0.2) is 18.7 Å². The fourth-order valence-electron chi connectivity index (χ4n) is 4.08. The molecule has 168 valence electrons. The summed E-state index contributed by atoms with van der Waals surface area (Å²) in [6.45, 7) is 1.16. The Labute approximate surface area is 188 Å². The molecule has 0 spiro atoms. The first kappa shape index (κ1) is 21.2. The second kappa shape index (κ2) is 8.68. The highest BCUT2D eigenvalue weighted by atomic mass is 19.1. The Bertz CT molecular complexity index is 1300. The fourth-order valence-corrected chi connectivity index (χ4v) is 4.08. The lowest BCUT2D eigenvalue weighted by molar-refractivity contribution is 0.124. The van der Waals surface area contributed by atoms with Crippen molar-refractivity contribution in [3.05, 3.63) is 72.7 Å². The number of nitrogens with two attached hydrogens (primary N) is 1. The summed E-state index contributed by atoms with van der Waals surface area (Å²) >= 11 is 0. The molecule has 1 saturated heterocycles. The third-order valence-electron chi connectivity index (χ3n) is 5.83. The van der Waals surface area contributed by atoms with Crippen LogP contribution in [0.5, 0.6) is 0 Å². The molecule has 1 aliphatic heterocycles. The van der Waals surface area contributed by atoms with Crippen LogP contribution in [0.2, 0.25) is 0 Å². The average molecular weight is 448 g/mol. The SMILES string of the molecule is N[C@@H]1CN(c2ccncc2Nc2cccc3cnc(-c4c(F)cccc4F)nc23)CC[C@H]1O. The summed E-state index contributed by atoms with van der Waals surface area (Å²) in [5.41, 5.74) is 8.58. The van der Waals surface area contributed by atoms with Crippen LogP contribution in [0.3, 0.4) is 0 Å². The third kappa shape index (κ3) is 4.08. The predicted molar refractivity (Wildman–Crippen MR) is 123 cm³/mol. The Balaban J connectivity index is 1.54.